The smallest absolute Gasteiger partial charge is 0.193 e. The highest BCUT2D eigenvalue weighted by Gasteiger charge is 2.09. The van der Waals surface area contributed by atoms with E-state index in [1.54, 1.807) is 19.2 Å². The first-order chi connectivity index (χ1) is 13.2. The standard InChI is InChI=1S/C21H24FN5.HI/c1-23-21(24-12-11-16-7-6-10-18(22)13-16)27(2)15-20-25-14-19(26-20)17-8-4-3-5-9-17;/h3-10,13-14H,11-12,15H2,1-2H3,(H,23,24)(H,25,26);1H. The van der Waals surface area contributed by atoms with Gasteiger partial charge in [0.15, 0.2) is 5.96 Å². The lowest BCUT2D eigenvalue weighted by Gasteiger charge is -2.21. The number of nitrogens with zero attached hydrogens (tertiary/aromatic N) is 3. The van der Waals surface area contributed by atoms with Crippen molar-refractivity contribution in [3.05, 3.63) is 78.0 Å². The Balaban J connectivity index is 0.00000280. The van der Waals surface area contributed by atoms with Crippen molar-refractivity contribution in [2.75, 3.05) is 20.6 Å². The molecule has 148 valence electrons. The van der Waals surface area contributed by atoms with Gasteiger partial charge in [0.2, 0.25) is 0 Å². The molecule has 0 saturated carbocycles. The molecule has 0 atom stereocenters. The minimum Gasteiger partial charge on any atom is -0.356 e. The molecule has 7 heteroatoms. The summed E-state index contributed by atoms with van der Waals surface area (Å²) >= 11 is 0. The minimum absolute atomic E-state index is 0. The average molecular weight is 493 g/mol. The van der Waals surface area contributed by atoms with Gasteiger partial charge in [0.05, 0.1) is 18.4 Å². The molecule has 0 amide bonds. The molecule has 0 bridgehead atoms. The van der Waals surface area contributed by atoms with Crippen molar-refractivity contribution in [3.63, 3.8) is 0 Å². The van der Waals surface area contributed by atoms with Gasteiger partial charge < -0.3 is 15.2 Å². The van der Waals surface area contributed by atoms with E-state index in [0.29, 0.717) is 13.1 Å². The maximum atomic E-state index is 13.3. The Morgan fingerprint density at radius 1 is 1.18 bits per heavy atom. The van der Waals surface area contributed by atoms with Crippen molar-refractivity contribution in [1.82, 2.24) is 20.2 Å². The fourth-order valence-corrected chi connectivity index (χ4v) is 2.90. The van der Waals surface area contributed by atoms with Crippen molar-refractivity contribution < 1.29 is 4.39 Å². The van der Waals surface area contributed by atoms with Gasteiger partial charge in [-0.25, -0.2) is 9.37 Å². The summed E-state index contributed by atoms with van der Waals surface area (Å²) in [5.41, 5.74) is 3.06. The Morgan fingerprint density at radius 3 is 2.68 bits per heavy atom. The lowest BCUT2D eigenvalue weighted by Crippen LogP contribution is -2.39. The molecule has 0 radical (unpaired) electrons. The summed E-state index contributed by atoms with van der Waals surface area (Å²) in [5, 5.41) is 3.31. The predicted molar refractivity (Wildman–Crippen MR) is 122 cm³/mol. The van der Waals surface area contributed by atoms with Crippen LogP contribution in [-0.4, -0.2) is 41.5 Å². The molecule has 2 N–H and O–H groups in total. The third-order valence-electron chi connectivity index (χ3n) is 4.26. The number of hydrogen-bond acceptors (Lipinski definition) is 2. The summed E-state index contributed by atoms with van der Waals surface area (Å²) in [6.45, 7) is 1.28. The van der Waals surface area contributed by atoms with Crippen molar-refractivity contribution >= 4 is 29.9 Å². The lowest BCUT2D eigenvalue weighted by molar-refractivity contribution is 0.464. The number of aromatic amines is 1. The molecule has 0 fully saturated rings. The van der Waals surface area contributed by atoms with Gasteiger partial charge in [0.25, 0.3) is 0 Å². The number of H-pyrrole nitrogens is 1. The lowest BCUT2D eigenvalue weighted by atomic mass is 10.1. The van der Waals surface area contributed by atoms with Crippen LogP contribution in [0.25, 0.3) is 11.3 Å². The Hall–Kier alpha value is -2.42. The fourth-order valence-electron chi connectivity index (χ4n) is 2.90. The van der Waals surface area contributed by atoms with Crippen LogP contribution in [0.4, 0.5) is 4.39 Å². The first-order valence-electron chi connectivity index (χ1n) is 8.91. The number of nitrogens with one attached hydrogen (secondary N) is 2. The predicted octanol–water partition coefficient (Wildman–Crippen LogP) is 4.08. The van der Waals surface area contributed by atoms with E-state index in [1.165, 1.54) is 6.07 Å². The van der Waals surface area contributed by atoms with Gasteiger partial charge in [0.1, 0.15) is 11.6 Å². The van der Waals surface area contributed by atoms with Gasteiger partial charge in [-0.1, -0.05) is 42.5 Å². The Kier molecular flexibility index (Phi) is 8.43. The summed E-state index contributed by atoms with van der Waals surface area (Å²) in [6.07, 6.45) is 2.57. The quantitative estimate of drug-likeness (QED) is 0.309. The van der Waals surface area contributed by atoms with Crippen LogP contribution in [0.15, 0.2) is 65.8 Å². The van der Waals surface area contributed by atoms with Gasteiger partial charge in [-0.05, 0) is 29.7 Å². The van der Waals surface area contributed by atoms with Crippen molar-refractivity contribution in [1.29, 1.82) is 0 Å². The van der Waals surface area contributed by atoms with Crippen LogP contribution in [0.2, 0.25) is 0 Å². The normalized spacial score (nSPS) is 11.0. The molecule has 0 aliphatic carbocycles. The van der Waals surface area contributed by atoms with Gasteiger partial charge in [0, 0.05) is 20.6 Å². The molecule has 1 aromatic heterocycles. The van der Waals surface area contributed by atoms with E-state index >= 15 is 0 Å². The van der Waals surface area contributed by atoms with E-state index in [4.69, 9.17) is 0 Å². The van der Waals surface area contributed by atoms with Gasteiger partial charge >= 0.3 is 0 Å². The van der Waals surface area contributed by atoms with Gasteiger partial charge in [-0.15, -0.1) is 24.0 Å². The van der Waals surface area contributed by atoms with Crippen molar-refractivity contribution in [3.8, 4) is 11.3 Å². The highest BCUT2D eigenvalue weighted by Crippen LogP contribution is 2.16. The molecule has 3 rings (SSSR count). The van der Waals surface area contributed by atoms with Crippen LogP contribution in [0.5, 0.6) is 0 Å². The zero-order valence-corrected chi connectivity index (χ0v) is 18.4. The summed E-state index contributed by atoms with van der Waals surface area (Å²) in [4.78, 5) is 14.1. The molecule has 28 heavy (non-hydrogen) atoms. The first kappa shape index (κ1) is 21.9. The van der Waals surface area contributed by atoms with Crippen LogP contribution in [0.1, 0.15) is 11.4 Å². The maximum absolute atomic E-state index is 13.3. The second-order valence-electron chi connectivity index (χ2n) is 6.32. The summed E-state index contributed by atoms with van der Waals surface area (Å²) in [5.74, 6) is 1.43. The third-order valence-corrected chi connectivity index (χ3v) is 4.26. The number of aromatic nitrogens is 2. The number of guanidine groups is 1. The molecule has 1 heterocycles. The molecule has 0 saturated heterocycles. The molecule has 0 aliphatic rings. The van der Waals surface area contributed by atoms with Crippen LogP contribution in [-0.2, 0) is 13.0 Å². The second-order valence-corrected chi connectivity index (χ2v) is 6.32. The number of benzene rings is 2. The zero-order valence-electron chi connectivity index (χ0n) is 16.0. The number of imidazole rings is 1. The highest BCUT2D eigenvalue weighted by molar-refractivity contribution is 14.0. The fraction of sp³-hybridized carbons (Fsp3) is 0.238. The zero-order chi connectivity index (χ0) is 19.1. The van der Waals surface area contributed by atoms with Crippen LogP contribution >= 0.6 is 24.0 Å². The first-order valence-corrected chi connectivity index (χ1v) is 8.91. The average Bonchev–Trinajstić information content (AvgIpc) is 3.14. The molecule has 3 aromatic rings. The van der Waals surface area contributed by atoms with Crippen LogP contribution < -0.4 is 5.32 Å². The molecular formula is C21H25FIN5. The molecule has 0 aliphatic heterocycles. The van der Waals surface area contributed by atoms with Gasteiger partial charge in [-0.2, -0.15) is 0 Å². The van der Waals surface area contributed by atoms with Crippen molar-refractivity contribution in [2.45, 2.75) is 13.0 Å². The van der Waals surface area contributed by atoms with Gasteiger partial charge in [-0.3, -0.25) is 4.99 Å². The molecular weight excluding hydrogens is 468 g/mol. The Bertz CT molecular complexity index is 895. The molecule has 0 unspecified atom stereocenters. The van der Waals surface area contributed by atoms with Crippen molar-refractivity contribution in [2.24, 2.45) is 4.99 Å². The Labute approximate surface area is 182 Å². The van der Waals surface area contributed by atoms with E-state index in [2.05, 4.69) is 20.3 Å². The molecule has 0 spiro atoms. The summed E-state index contributed by atoms with van der Waals surface area (Å²) in [7, 11) is 3.71. The van der Waals surface area contributed by atoms with E-state index in [1.807, 2.05) is 54.5 Å². The third kappa shape index (κ3) is 6.05. The topological polar surface area (TPSA) is 56.3 Å². The summed E-state index contributed by atoms with van der Waals surface area (Å²) < 4.78 is 13.3. The number of hydrogen-bond donors (Lipinski definition) is 2. The number of halogens is 2. The van der Waals surface area contributed by atoms with E-state index in [9.17, 15) is 4.39 Å². The van der Waals surface area contributed by atoms with Crippen LogP contribution in [0.3, 0.4) is 0 Å². The number of rotatable bonds is 6. The minimum atomic E-state index is -0.207. The molecule has 2 aromatic carbocycles. The largest absolute Gasteiger partial charge is 0.356 e. The Morgan fingerprint density at radius 2 is 1.96 bits per heavy atom. The van der Waals surface area contributed by atoms with E-state index in [0.717, 1.165) is 35.0 Å². The highest BCUT2D eigenvalue weighted by atomic mass is 127. The SMILES string of the molecule is CN=C(NCCc1cccc(F)c1)N(C)Cc1ncc(-c2ccccc2)[nH]1.I. The van der Waals surface area contributed by atoms with Crippen LogP contribution in [0, 0.1) is 5.82 Å². The molecule has 5 nitrogen and oxygen atoms in total. The van der Waals surface area contributed by atoms with E-state index in [-0.39, 0.29) is 29.8 Å². The van der Waals surface area contributed by atoms with E-state index < -0.39 is 0 Å². The monoisotopic (exact) mass is 493 g/mol. The second kappa shape index (κ2) is 10.8. The number of aliphatic imine (C=N–C) groups is 1. The summed E-state index contributed by atoms with van der Waals surface area (Å²) in [6, 6.07) is 16.8. The maximum Gasteiger partial charge on any atom is 0.193 e.